The molecule has 28 heavy (non-hydrogen) atoms. The molecule has 0 unspecified atom stereocenters. The number of amides is 1. The summed E-state index contributed by atoms with van der Waals surface area (Å²) in [5, 5.41) is 0.702. The number of hydrogen-bond donors (Lipinski definition) is 0. The number of furan rings is 1. The second-order valence-corrected chi connectivity index (χ2v) is 7.98. The number of ketones is 1. The van der Waals surface area contributed by atoms with Gasteiger partial charge in [-0.05, 0) is 39.7 Å². The number of ether oxygens (including phenoxy) is 3. The van der Waals surface area contributed by atoms with Gasteiger partial charge >= 0.3 is 6.09 Å². The first-order chi connectivity index (χ1) is 13.2. The molecule has 0 aliphatic carbocycles. The Kier molecular flexibility index (Phi) is 5.54. The van der Waals surface area contributed by atoms with Crippen LogP contribution in [0.25, 0.3) is 11.0 Å². The van der Waals surface area contributed by atoms with Crippen LogP contribution in [0.2, 0.25) is 0 Å². The quantitative estimate of drug-likeness (QED) is 0.704. The van der Waals surface area contributed by atoms with Crippen LogP contribution in [0, 0.1) is 0 Å². The fourth-order valence-corrected chi connectivity index (χ4v) is 3.25. The Bertz CT molecular complexity index is 879. The highest BCUT2D eigenvalue weighted by atomic mass is 16.6. The Morgan fingerprint density at radius 3 is 2.64 bits per heavy atom. The van der Waals surface area contributed by atoms with Gasteiger partial charge in [-0.15, -0.1) is 0 Å². The summed E-state index contributed by atoms with van der Waals surface area (Å²) in [6, 6.07) is 5.08. The average molecular weight is 389 g/mol. The molecular formula is C21H27NO6. The minimum Gasteiger partial charge on any atom is -0.496 e. The molecular weight excluding hydrogens is 362 g/mol. The topological polar surface area (TPSA) is 78.2 Å². The van der Waals surface area contributed by atoms with Crippen molar-refractivity contribution in [2.45, 2.75) is 52.2 Å². The second-order valence-electron chi connectivity index (χ2n) is 7.98. The first-order valence-electron chi connectivity index (χ1n) is 9.43. The van der Waals surface area contributed by atoms with E-state index in [0.717, 1.165) is 12.8 Å². The molecule has 1 atom stereocenters. The summed E-state index contributed by atoms with van der Waals surface area (Å²) in [6.45, 7) is 7.98. The predicted octanol–water partition coefficient (Wildman–Crippen LogP) is 4.42. The molecule has 2 heterocycles. The number of fused-ring (bicyclic) bond motifs is 1. The third-order valence-electron chi connectivity index (χ3n) is 4.59. The number of rotatable bonds is 5. The zero-order valence-corrected chi connectivity index (χ0v) is 17.0. The molecule has 1 aliphatic rings. The molecule has 152 valence electrons. The molecule has 1 aliphatic heterocycles. The molecule has 1 fully saturated rings. The number of hydrogen-bond acceptors (Lipinski definition) is 6. The fourth-order valence-electron chi connectivity index (χ4n) is 3.25. The zero-order chi connectivity index (χ0) is 20.5. The van der Waals surface area contributed by atoms with Gasteiger partial charge in [-0.2, -0.15) is 0 Å². The monoisotopic (exact) mass is 389 g/mol. The molecule has 0 radical (unpaired) electrons. The lowest BCUT2D eigenvalue weighted by Gasteiger charge is -2.28. The molecule has 2 aromatic rings. The van der Waals surface area contributed by atoms with Crippen LogP contribution in [0.1, 0.15) is 51.1 Å². The average Bonchev–Trinajstić information content (AvgIpc) is 3.24. The maximum absolute atomic E-state index is 12.4. The molecule has 0 N–H and O–H groups in total. The van der Waals surface area contributed by atoms with E-state index in [4.69, 9.17) is 18.6 Å². The Hall–Kier alpha value is -2.70. The van der Waals surface area contributed by atoms with Crippen LogP contribution >= 0.6 is 0 Å². The van der Waals surface area contributed by atoms with Gasteiger partial charge in [-0.1, -0.05) is 0 Å². The zero-order valence-electron chi connectivity index (χ0n) is 17.0. The van der Waals surface area contributed by atoms with Crippen LogP contribution in [0.3, 0.4) is 0 Å². The lowest BCUT2D eigenvalue weighted by Crippen LogP contribution is -2.42. The van der Waals surface area contributed by atoms with E-state index in [1.54, 1.807) is 30.2 Å². The SMILES string of the molecule is COc1cc(OC[C@@H]2CCCN2C(=O)OC(C)(C)C)c2cc(C(C)=O)oc2c1. The summed E-state index contributed by atoms with van der Waals surface area (Å²) < 4.78 is 22.5. The van der Waals surface area contributed by atoms with Crippen LogP contribution in [-0.2, 0) is 4.74 Å². The number of carbonyl (C=O) groups is 2. The highest BCUT2D eigenvalue weighted by Gasteiger charge is 2.32. The van der Waals surface area contributed by atoms with Crippen molar-refractivity contribution in [2.75, 3.05) is 20.3 Å². The molecule has 1 aromatic carbocycles. The standard InChI is InChI=1S/C21H27NO6/c1-13(23)17-11-16-18(9-15(25-5)10-19(16)27-17)26-12-14-7-6-8-22(14)20(24)28-21(2,3)4/h9-11,14H,6-8,12H2,1-5H3/t14-/m0/s1. The molecule has 1 aromatic heterocycles. The van der Waals surface area contributed by atoms with Crippen molar-refractivity contribution in [1.29, 1.82) is 0 Å². The third kappa shape index (κ3) is 4.40. The summed E-state index contributed by atoms with van der Waals surface area (Å²) >= 11 is 0. The molecule has 0 bridgehead atoms. The summed E-state index contributed by atoms with van der Waals surface area (Å²) in [7, 11) is 1.56. The molecule has 0 spiro atoms. The summed E-state index contributed by atoms with van der Waals surface area (Å²) in [6.07, 6.45) is 1.42. The smallest absolute Gasteiger partial charge is 0.410 e. The van der Waals surface area contributed by atoms with E-state index in [2.05, 4.69) is 0 Å². The molecule has 3 rings (SSSR count). The maximum atomic E-state index is 12.4. The fraction of sp³-hybridized carbons (Fsp3) is 0.524. The van der Waals surface area contributed by atoms with Gasteiger partial charge in [0.15, 0.2) is 11.5 Å². The van der Waals surface area contributed by atoms with Crippen LogP contribution in [0.5, 0.6) is 11.5 Å². The van der Waals surface area contributed by atoms with Gasteiger partial charge in [0.1, 0.15) is 29.3 Å². The number of likely N-dealkylation sites (tertiary alicyclic amines) is 1. The lowest BCUT2D eigenvalue weighted by molar-refractivity contribution is 0.0188. The first kappa shape index (κ1) is 20.0. The molecule has 7 heteroatoms. The van der Waals surface area contributed by atoms with E-state index >= 15 is 0 Å². The van der Waals surface area contributed by atoms with Crippen LogP contribution < -0.4 is 9.47 Å². The molecule has 7 nitrogen and oxygen atoms in total. The highest BCUT2D eigenvalue weighted by Crippen LogP contribution is 2.34. The second kappa shape index (κ2) is 7.73. The van der Waals surface area contributed by atoms with Gasteiger partial charge in [0.2, 0.25) is 0 Å². The van der Waals surface area contributed by atoms with Gasteiger partial charge in [0.05, 0.1) is 18.5 Å². The number of benzene rings is 1. The Labute approximate surface area is 164 Å². The summed E-state index contributed by atoms with van der Waals surface area (Å²) in [5.74, 6) is 1.24. The van der Waals surface area contributed by atoms with Gasteiger partial charge in [0, 0.05) is 25.6 Å². The van der Waals surface area contributed by atoms with Crippen molar-refractivity contribution in [3.63, 3.8) is 0 Å². The van der Waals surface area contributed by atoms with Gasteiger partial charge in [-0.3, -0.25) is 4.79 Å². The first-order valence-corrected chi connectivity index (χ1v) is 9.43. The molecule has 1 amide bonds. The van der Waals surface area contributed by atoms with Gasteiger partial charge < -0.3 is 23.5 Å². The van der Waals surface area contributed by atoms with Crippen molar-refractivity contribution in [3.8, 4) is 11.5 Å². The largest absolute Gasteiger partial charge is 0.496 e. The predicted molar refractivity (Wildman–Crippen MR) is 104 cm³/mol. The van der Waals surface area contributed by atoms with Crippen LogP contribution in [0.4, 0.5) is 4.79 Å². The van der Waals surface area contributed by atoms with Crippen LogP contribution in [-0.4, -0.2) is 48.7 Å². The van der Waals surface area contributed by atoms with Gasteiger partial charge in [-0.25, -0.2) is 4.79 Å². The van der Waals surface area contributed by atoms with Crippen molar-refractivity contribution >= 4 is 22.8 Å². The van der Waals surface area contributed by atoms with Crippen LogP contribution in [0.15, 0.2) is 22.6 Å². The number of carbonyl (C=O) groups excluding carboxylic acids is 2. The van der Waals surface area contributed by atoms with Crippen molar-refractivity contribution in [1.82, 2.24) is 4.90 Å². The van der Waals surface area contributed by atoms with E-state index in [9.17, 15) is 9.59 Å². The van der Waals surface area contributed by atoms with E-state index in [1.165, 1.54) is 6.92 Å². The Balaban J connectivity index is 1.78. The van der Waals surface area contributed by atoms with E-state index < -0.39 is 5.60 Å². The normalized spacial score (nSPS) is 17.0. The van der Waals surface area contributed by atoms with Crippen molar-refractivity contribution in [3.05, 3.63) is 24.0 Å². The number of Topliss-reactive ketones (excluding diaryl/α,β-unsaturated/α-hetero) is 1. The Morgan fingerprint density at radius 1 is 1.25 bits per heavy atom. The highest BCUT2D eigenvalue weighted by molar-refractivity contribution is 5.98. The van der Waals surface area contributed by atoms with E-state index in [-0.39, 0.29) is 23.7 Å². The maximum Gasteiger partial charge on any atom is 0.410 e. The minimum absolute atomic E-state index is 0.0738. The van der Waals surface area contributed by atoms with E-state index in [0.29, 0.717) is 35.6 Å². The van der Waals surface area contributed by atoms with Gasteiger partial charge in [0.25, 0.3) is 0 Å². The summed E-state index contributed by atoms with van der Waals surface area (Å²) in [5.41, 5.74) is -0.0147. The van der Waals surface area contributed by atoms with Crippen molar-refractivity contribution < 1.29 is 28.2 Å². The third-order valence-corrected chi connectivity index (χ3v) is 4.59. The summed E-state index contributed by atoms with van der Waals surface area (Å²) in [4.78, 5) is 25.8. The number of methoxy groups -OCH3 is 1. The van der Waals surface area contributed by atoms with Crippen molar-refractivity contribution in [2.24, 2.45) is 0 Å². The Morgan fingerprint density at radius 2 is 2.00 bits per heavy atom. The van der Waals surface area contributed by atoms with E-state index in [1.807, 2.05) is 20.8 Å². The molecule has 0 saturated carbocycles. The molecule has 1 saturated heterocycles. The minimum atomic E-state index is -0.538. The number of nitrogens with zero attached hydrogens (tertiary/aromatic N) is 1. The lowest BCUT2D eigenvalue weighted by atomic mass is 10.2.